The zero-order valence-electron chi connectivity index (χ0n) is 17.6. The predicted molar refractivity (Wildman–Crippen MR) is 114 cm³/mol. The van der Waals surface area contributed by atoms with E-state index in [4.69, 9.17) is 11.6 Å². The Morgan fingerprint density at radius 1 is 1.10 bits per heavy atom. The minimum Gasteiger partial charge on any atom is -0.311 e. The van der Waals surface area contributed by atoms with Crippen molar-refractivity contribution in [2.75, 3.05) is 0 Å². The predicted octanol–water partition coefficient (Wildman–Crippen LogP) is 4.95. The number of carbonyl (C=O) groups is 3. The zero-order chi connectivity index (χ0) is 21.3. The number of ketones is 2. The van der Waals surface area contributed by atoms with Gasteiger partial charge < -0.3 is 4.90 Å². The summed E-state index contributed by atoms with van der Waals surface area (Å²) in [4.78, 5) is 40.9. The van der Waals surface area contributed by atoms with Crippen molar-refractivity contribution < 1.29 is 14.4 Å². The lowest BCUT2D eigenvalue weighted by atomic mass is 9.49. The molecule has 0 aromatic heterocycles. The highest BCUT2D eigenvalue weighted by Crippen LogP contribution is 2.62. The molecule has 4 aliphatic rings. The van der Waals surface area contributed by atoms with E-state index in [0.29, 0.717) is 37.3 Å². The van der Waals surface area contributed by atoms with Gasteiger partial charge in [0.1, 0.15) is 11.6 Å². The van der Waals surface area contributed by atoms with Gasteiger partial charge in [-0.1, -0.05) is 49.7 Å². The average molecular weight is 426 g/mol. The fourth-order valence-corrected chi connectivity index (χ4v) is 7.23. The quantitative estimate of drug-likeness (QED) is 0.673. The molecule has 4 nitrogen and oxygen atoms in total. The number of benzene rings is 1. The molecule has 5 heteroatoms. The van der Waals surface area contributed by atoms with E-state index in [9.17, 15) is 14.4 Å². The van der Waals surface area contributed by atoms with Gasteiger partial charge in [-0.25, -0.2) is 0 Å². The third-order valence-corrected chi connectivity index (χ3v) is 8.93. The number of allylic oxidation sites excluding steroid dienone is 2. The number of amides is 1. The summed E-state index contributed by atoms with van der Waals surface area (Å²) in [7, 11) is 0. The maximum absolute atomic E-state index is 13.5. The standard InChI is InChI=1S/C25H28ClNO3/c1-24-12-11-22(30)27(14-15-5-3-4-6-18(15)26)20(24)9-7-16-17-8-10-21(29)25(17,2)13-19(28)23(16)24/h3-6,9,16-17,23H,7-8,10-14H2,1-2H3/t16-,17-,23+,24-,25-/m0/s1. The van der Waals surface area contributed by atoms with Crippen molar-refractivity contribution in [2.45, 2.75) is 58.9 Å². The van der Waals surface area contributed by atoms with Gasteiger partial charge in [0, 0.05) is 46.7 Å². The summed E-state index contributed by atoms with van der Waals surface area (Å²) in [6.07, 6.45) is 5.95. The Kier molecular flexibility index (Phi) is 4.52. The van der Waals surface area contributed by atoms with Crippen LogP contribution in [0.5, 0.6) is 0 Å². The van der Waals surface area contributed by atoms with Crippen molar-refractivity contribution >= 4 is 29.1 Å². The lowest BCUT2D eigenvalue weighted by molar-refractivity contribution is -0.152. The highest BCUT2D eigenvalue weighted by molar-refractivity contribution is 6.31. The van der Waals surface area contributed by atoms with E-state index in [1.807, 2.05) is 36.1 Å². The average Bonchev–Trinajstić information content (AvgIpc) is 3.00. The molecule has 2 saturated carbocycles. The number of piperidine rings is 1. The van der Waals surface area contributed by atoms with Crippen LogP contribution >= 0.6 is 11.6 Å². The van der Waals surface area contributed by atoms with Gasteiger partial charge in [-0.15, -0.1) is 0 Å². The molecule has 30 heavy (non-hydrogen) atoms. The second kappa shape index (κ2) is 6.78. The number of halogens is 1. The van der Waals surface area contributed by atoms with Gasteiger partial charge in [-0.3, -0.25) is 14.4 Å². The van der Waals surface area contributed by atoms with Gasteiger partial charge >= 0.3 is 0 Å². The molecule has 3 fully saturated rings. The highest BCUT2D eigenvalue weighted by atomic mass is 35.5. The van der Waals surface area contributed by atoms with Gasteiger partial charge in [0.25, 0.3) is 0 Å². The van der Waals surface area contributed by atoms with Crippen LogP contribution in [0.2, 0.25) is 5.02 Å². The van der Waals surface area contributed by atoms with Gasteiger partial charge in [0.15, 0.2) is 0 Å². The molecule has 0 N–H and O–H groups in total. The monoisotopic (exact) mass is 425 g/mol. The van der Waals surface area contributed by atoms with Crippen LogP contribution in [-0.4, -0.2) is 22.4 Å². The third-order valence-electron chi connectivity index (χ3n) is 8.56. The summed E-state index contributed by atoms with van der Waals surface area (Å²) < 4.78 is 0. The van der Waals surface area contributed by atoms with Crippen LogP contribution in [0.4, 0.5) is 0 Å². The first-order valence-corrected chi connectivity index (χ1v) is 11.4. The molecule has 1 aromatic rings. The Morgan fingerprint density at radius 2 is 1.87 bits per heavy atom. The fraction of sp³-hybridized carbons (Fsp3) is 0.560. The molecule has 0 unspecified atom stereocenters. The van der Waals surface area contributed by atoms with E-state index < -0.39 is 5.41 Å². The summed E-state index contributed by atoms with van der Waals surface area (Å²) in [6, 6.07) is 7.62. The summed E-state index contributed by atoms with van der Waals surface area (Å²) in [5.41, 5.74) is 1.06. The number of Topliss-reactive ketones (excluding diaryl/α,β-unsaturated/α-hetero) is 2. The minimum absolute atomic E-state index is 0.0984. The topological polar surface area (TPSA) is 54.5 Å². The van der Waals surface area contributed by atoms with Crippen molar-refractivity contribution in [3.05, 3.63) is 46.6 Å². The van der Waals surface area contributed by atoms with E-state index in [1.54, 1.807) is 0 Å². The first kappa shape index (κ1) is 20.0. The van der Waals surface area contributed by atoms with Crippen LogP contribution in [0.25, 0.3) is 0 Å². The summed E-state index contributed by atoms with van der Waals surface area (Å²) >= 11 is 6.38. The van der Waals surface area contributed by atoms with Crippen LogP contribution in [0.15, 0.2) is 36.0 Å². The van der Waals surface area contributed by atoms with Gasteiger partial charge in [0.05, 0.1) is 6.54 Å². The minimum atomic E-state index is -0.484. The summed E-state index contributed by atoms with van der Waals surface area (Å²) in [6.45, 7) is 4.61. The second-order valence-electron chi connectivity index (χ2n) is 10.1. The number of carbonyl (C=O) groups excluding carboxylic acids is 3. The molecule has 5 rings (SSSR count). The Bertz CT molecular complexity index is 984. The molecule has 0 spiro atoms. The maximum atomic E-state index is 13.5. The van der Waals surface area contributed by atoms with Crippen molar-refractivity contribution in [1.82, 2.24) is 4.90 Å². The number of fused-ring (bicyclic) bond motifs is 5. The second-order valence-corrected chi connectivity index (χ2v) is 10.5. The van der Waals surface area contributed by atoms with E-state index in [-0.39, 0.29) is 40.6 Å². The summed E-state index contributed by atoms with van der Waals surface area (Å²) in [5.74, 6) is 0.945. The first-order chi connectivity index (χ1) is 14.3. The molecule has 0 bridgehead atoms. The molecule has 5 atom stereocenters. The molecule has 0 radical (unpaired) electrons. The Hall–Kier alpha value is -1.94. The van der Waals surface area contributed by atoms with Gasteiger partial charge in [-0.05, 0) is 42.7 Å². The number of nitrogens with zero attached hydrogens (tertiary/aromatic N) is 1. The summed E-state index contributed by atoms with van der Waals surface area (Å²) in [5, 5.41) is 0.654. The molecule has 3 aliphatic carbocycles. The Balaban J connectivity index is 1.54. The first-order valence-electron chi connectivity index (χ1n) is 11.1. The van der Waals surface area contributed by atoms with Crippen LogP contribution in [0.3, 0.4) is 0 Å². The molecule has 1 aliphatic heterocycles. The van der Waals surface area contributed by atoms with Crippen molar-refractivity contribution in [1.29, 1.82) is 0 Å². The molecule has 1 saturated heterocycles. The maximum Gasteiger partial charge on any atom is 0.227 e. The molecular formula is C25H28ClNO3. The lowest BCUT2D eigenvalue weighted by Gasteiger charge is -2.56. The van der Waals surface area contributed by atoms with E-state index in [1.165, 1.54) is 0 Å². The smallest absolute Gasteiger partial charge is 0.227 e. The normalized spacial score (nSPS) is 38.1. The third kappa shape index (κ3) is 2.69. The fourth-order valence-electron chi connectivity index (χ4n) is 7.03. The van der Waals surface area contributed by atoms with Gasteiger partial charge in [0.2, 0.25) is 5.91 Å². The number of hydrogen-bond acceptors (Lipinski definition) is 3. The van der Waals surface area contributed by atoms with Crippen LogP contribution in [0, 0.1) is 28.6 Å². The zero-order valence-corrected chi connectivity index (χ0v) is 18.4. The lowest BCUT2D eigenvalue weighted by Crippen LogP contribution is -2.57. The molecule has 1 heterocycles. The number of likely N-dealkylation sites (tertiary alicyclic amines) is 1. The van der Waals surface area contributed by atoms with Gasteiger partial charge in [-0.2, -0.15) is 0 Å². The highest BCUT2D eigenvalue weighted by Gasteiger charge is 2.62. The van der Waals surface area contributed by atoms with Crippen LogP contribution < -0.4 is 0 Å². The largest absolute Gasteiger partial charge is 0.311 e. The van der Waals surface area contributed by atoms with Crippen molar-refractivity contribution in [3.63, 3.8) is 0 Å². The molecule has 1 amide bonds. The number of hydrogen-bond donors (Lipinski definition) is 0. The molecular weight excluding hydrogens is 398 g/mol. The van der Waals surface area contributed by atoms with Crippen molar-refractivity contribution in [3.8, 4) is 0 Å². The van der Waals surface area contributed by atoms with E-state index in [0.717, 1.165) is 24.1 Å². The van der Waals surface area contributed by atoms with Crippen LogP contribution in [0.1, 0.15) is 57.9 Å². The number of rotatable bonds is 2. The Morgan fingerprint density at radius 3 is 2.63 bits per heavy atom. The SMILES string of the molecule is C[C@]12CCC(=O)N(Cc3ccccc3Cl)C1=CC[C@@H]1[C@@H]2C(=O)C[C@]2(C)C(=O)CC[C@@H]12. The molecule has 158 valence electrons. The Labute approximate surface area is 182 Å². The van der Waals surface area contributed by atoms with E-state index >= 15 is 0 Å². The van der Waals surface area contributed by atoms with E-state index in [2.05, 4.69) is 13.0 Å². The van der Waals surface area contributed by atoms with Crippen LogP contribution in [-0.2, 0) is 20.9 Å². The van der Waals surface area contributed by atoms with Crippen molar-refractivity contribution in [2.24, 2.45) is 28.6 Å². The molecule has 1 aromatic carbocycles.